The number of nitrogens with zero attached hydrogens (tertiary/aromatic N) is 3. The highest BCUT2D eigenvalue weighted by molar-refractivity contribution is 7.88. The molecule has 0 saturated carbocycles. The first kappa shape index (κ1) is 22.8. The number of sulfonamides is 1. The number of aryl methyl sites for hydroxylation is 1. The molecular formula is C22H23ClN4O3S2. The Hall–Kier alpha value is -2.33. The van der Waals surface area contributed by atoms with E-state index in [9.17, 15) is 13.2 Å². The molecule has 0 unspecified atom stereocenters. The smallest absolute Gasteiger partial charge is 0.229 e. The van der Waals surface area contributed by atoms with E-state index in [4.69, 9.17) is 11.6 Å². The van der Waals surface area contributed by atoms with Gasteiger partial charge in [-0.15, -0.1) is 10.2 Å². The average Bonchev–Trinajstić information content (AvgIpc) is 3.24. The number of nitrogens with one attached hydrogen (secondary N) is 1. The van der Waals surface area contributed by atoms with Crippen molar-refractivity contribution in [3.63, 3.8) is 0 Å². The van der Waals surface area contributed by atoms with Crippen molar-refractivity contribution >= 4 is 44.0 Å². The van der Waals surface area contributed by atoms with Gasteiger partial charge in [0, 0.05) is 29.6 Å². The molecule has 1 N–H and O–H groups in total. The molecule has 2 heterocycles. The lowest BCUT2D eigenvalue weighted by molar-refractivity contribution is -0.120. The fourth-order valence-corrected chi connectivity index (χ4v) is 6.01. The molecule has 10 heteroatoms. The van der Waals surface area contributed by atoms with E-state index >= 15 is 0 Å². The lowest BCUT2D eigenvalue weighted by atomic mass is 9.97. The number of hydrogen-bond donors (Lipinski definition) is 1. The maximum Gasteiger partial charge on any atom is 0.229 e. The predicted octanol–water partition coefficient (Wildman–Crippen LogP) is 4.35. The van der Waals surface area contributed by atoms with Crippen molar-refractivity contribution < 1.29 is 13.2 Å². The summed E-state index contributed by atoms with van der Waals surface area (Å²) in [5.41, 5.74) is 2.80. The third-order valence-electron chi connectivity index (χ3n) is 5.43. The average molecular weight is 491 g/mol. The van der Waals surface area contributed by atoms with Crippen molar-refractivity contribution in [2.75, 3.05) is 18.4 Å². The Bertz CT molecular complexity index is 1190. The lowest BCUT2D eigenvalue weighted by Crippen LogP contribution is -2.41. The molecule has 1 amide bonds. The van der Waals surface area contributed by atoms with E-state index in [1.165, 1.54) is 15.6 Å². The van der Waals surface area contributed by atoms with Crippen LogP contribution in [0.15, 0.2) is 48.5 Å². The number of aromatic nitrogens is 2. The molecule has 1 fully saturated rings. The number of anilines is 1. The largest absolute Gasteiger partial charge is 0.300 e. The lowest BCUT2D eigenvalue weighted by Gasteiger charge is -2.30. The van der Waals surface area contributed by atoms with Gasteiger partial charge in [-0.1, -0.05) is 64.9 Å². The van der Waals surface area contributed by atoms with Crippen molar-refractivity contribution in [1.29, 1.82) is 0 Å². The Morgan fingerprint density at radius 2 is 1.75 bits per heavy atom. The Kier molecular flexibility index (Phi) is 6.90. The molecule has 0 aliphatic carbocycles. The minimum Gasteiger partial charge on any atom is -0.300 e. The van der Waals surface area contributed by atoms with Crippen LogP contribution in [0.5, 0.6) is 0 Å². The zero-order valence-electron chi connectivity index (χ0n) is 17.5. The van der Waals surface area contributed by atoms with Crippen LogP contribution < -0.4 is 5.32 Å². The van der Waals surface area contributed by atoms with Gasteiger partial charge >= 0.3 is 0 Å². The van der Waals surface area contributed by atoms with Crippen LogP contribution in [0.25, 0.3) is 10.6 Å². The summed E-state index contributed by atoms with van der Waals surface area (Å²) in [6, 6.07) is 14.7. The second-order valence-corrected chi connectivity index (χ2v) is 11.2. The Labute approximate surface area is 196 Å². The number of halogens is 1. The molecule has 3 aromatic rings. The fraction of sp³-hybridized carbons (Fsp3) is 0.318. The van der Waals surface area contributed by atoms with E-state index in [1.807, 2.05) is 31.2 Å². The third-order valence-corrected chi connectivity index (χ3v) is 8.42. The summed E-state index contributed by atoms with van der Waals surface area (Å²) in [4.78, 5) is 12.7. The summed E-state index contributed by atoms with van der Waals surface area (Å²) >= 11 is 7.19. The van der Waals surface area contributed by atoms with Crippen molar-refractivity contribution in [3.8, 4) is 10.6 Å². The third kappa shape index (κ3) is 5.53. The van der Waals surface area contributed by atoms with E-state index in [0.29, 0.717) is 41.6 Å². The van der Waals surface area contributed by atoms with E-state index < -0.39 is 10.0 Å². The van der Waals surface area contributed by atoms with Gasteiger partial charge in [0.05, 0.1) is 5.75 Å². The van der Waals surface area contributed by atoms with Crippen molar-refractivity contribution in [3.05, 3.63) is 64.7 Å². The highest BCUT2D eigenvalue weighted by atomic mass is 35.5. The standard InChI is InChI=1S/C22H23ClN4O3S2/c1-15-2-6-18(7-3-15)21-25-26-22(31-21)24-20(28)17-10-12-27(13-11-17)32(29,30)14-16-4-8-19(23)9-5-16/h2-9,17H,10-14H2,1H3,(H,24,26,28). The zero-order chi connectivity index (χ0) is 22.7. The van der Waals surface area contributed by atoms with Crippen LogP contribution in [0.1, 0.15) is 24.0 Å². The van der Waals surface area contributed by atoms with Crippen molar-refractivity contribution in [1.82, 2.24) is 14.5 Å². The number of carbonyl (C=O) groups excluding carboxylic acids is 1. The first-order valence-electron chi connectivity index (χ1n) is 10.2. The van der Waals surface area contributed by atoms with Gasteiger partial charge in [0.2, 0.25) is 21.1 Å². The Morgan fingerprint density at radius 1 is 1.09 bits per heavy atom. The molecule has 7 nitrogen and oxygen atoms in total. The Balaban J connectivity index is 1.31. The van der Waals surface area contributed by atoms with Gasteiger partial charge in [-0.3, -0.25) is 4.79 Å². The number of benzene rings is 2. The minimum absolute atomic E-state index is 0.0758. The van der Waals surface area contributed by atoms with E-state index in [1.54, 1.807) is 24.3 Å². The molecule has 1 aromatic heterocycles. The Morgan fingerprint density at radius 3 is 2.41 bits per heavy atom. The van der Waals surface area contributed by atoms with E-state index in [0.717, 1.165) is 16.1 Å². The molecule has 1 aliphatic heterocycles. The molecule has 4 rings (SSSR count). The van der Waals surface area contributed by atoms with Gasteiger partial charge in [-0.25, -0.2) is 12.7 Å². The summed E-state index contributed by atoms with van der Waals surface area (Å²) < 4.78 is 26.9. The molecule has 1 aliphatic rings. The van der Waals surface area contributed by atoms with Crippen LogP contribution in [0, 0.1) is 12.8 Å². The monoisotopic (exact) mass is 490 g/mol. The van der Waals surface area contributed by atoms with Gasteiger partial charge in [0.1, 0.15) is 5.01 Å². The first-order valence-corrected chi connectivity index (χ1v) is 13.0. The van der Waals surface area contributed by atoms with Crippen LogP contribution >= 0.6 is 22.9 Å². The molecule has 0 bridgehead atoms. The second kappa shape index (κ2) is 9.66. The van der Waals surface area contributed by atoms with Gasteiger partial charge in [-0.05, 0) is 37.5 Å². The first-order chi connectivity index (χ1) is 15.3. The van der Waals surface area contributed by atoms with E-state index in [-0.39, 0.29) is 17.6 Å². The maximum absolute atomic E-state index is 12.7. The minimum atomic E-state index is -3.45. The van der Waals surface area contributed by atoms with Crippen LogP contribution in [0.2, 0.25) is 5.02 Å². The van der Waals surface area contributed by atoms with Gasteiger partial charge in [0.25, 0.3) is 0 Å². The summed E-state index contributed by atoms with van der Waals surface area (Å²) in [6.07, 6.45) is 0.935. The van der Waals surface area contributed by atoms with E-state index in [2.05, 4.69) is 15.5 Å². The highest BCUT2D eigenvalue weighted by Gasteiger charge is 2.31. The second-order valence-electron chi connectivity index (χ2n) is 7.82. The fourth-order valence-electron chi connectivity index (χ4n) is 3.57. The normalized spacial score (nSPS) is 15.6. The molecule has 2 aromatic carbocycles. The number of rotatable bonds is 6. The number of amides is 1. The summed E-state index contributed by atoms with van der Waals surface area (Å²) in [5.74, 6) is -0.483. The molecule has 0 radical (unpaired) electrons. The number of piperidine rings is 1. The number of carbonyl (C=O) groups is 1. The maximum atomic E-state index is 12.7. The van der Waals surface area contributed by atoms with Gasteiger partial charge in [0.15, 0.2) is 0 Å². The molecular weight excluding hydrogens is 468 g/mol. The molecule has 168 valence electrons. The summed E-state index contributed by atoms with van der Waals surface area (Å²) in [5, 5.41) is 12.8. The van der Waals surface area contributed by atoms with Crippen LogP contribution in [-0.2, 0) is 20.6 Å². The number of hydrogen-bond acceptors (Lipinski definition) is 6. The zero-order valence-corrected chi connectivity index (χ0v) is 19.9. The molecule has 0 spiro atoms. The van der Waals surface area contributed by atoms with Crippen molar-refractivity contribution in [2.45, 2.75) is 25.5 Å². The highest BCUT2D eigenvalue weighted by Crippen LogP contribution is 2.28. The SMILES string of the molecule is Cc1ccc(-c2nnc(NC(=O)C3CCN(S(=O)(=O)Cc4ccc(Cl)cc4)CC3)s2)cc1. The molecule has 32 heavy (non-hydrogen) atoms. The summed E-state index contributed by atoms with van der Waals surface area (Å²) in [6.45, 7) is 2.65. The van der Waals surface area contributed by atoms with Crippen molar-refractivity contribution in [2.24, 2.45) is 5.92 Å². The summed E-state index contributed by atoms with van der Waals surface area (Å²) in [7, 11) is -3.45. The van der Waals surface area contributed by atoms with Gasteiger partial charge < -0.3 is 5.32 Å². The topological polar surface area (TPSA) is 92.3 Å². The quantitative estimate of drug-likeness (QED) is 0.554. The molecule has 1 saturated heterocycles. The van der Waals surface area contributed by atoms with Crippen LogP contribution in [-0.4, -0.2) is 41.9 Å². The van der Waals surface area contributed by atoms with Crippen LogP contribution in [0.4, 0.5) is 5.13 Å². The predicted molar refractivity (Wildman–Crippen MR) is 127 cm³/mol. The van der Waals surface area contributed by atoms with Crippen LogP contribution in [0.3, 0.4) is 0 Å². The van der Waals surface area contributed by atoms with Gasteiger partial charge in [-0.2, -0.15) is 0 Å². The molecule has 0 atom stereocenters.